The van der Waals surface area contributed by atoms with Crippen LogP contribution < -0.4 is 0 Å². The van der Waals surface area contributed by atoms with Crippen molar-refractivity contribution in [1.29, 1.82) is 0 Å². The Bertz CT molecular complexity index is 1030. The number of nitrogens with zero attached hydrogens (tertiary/aromatic N) is 6. The molecule has 1 aromatic carbocycles. The van der Waals surface area contributed by atoms with E-state index in [1.165, 1.54) is 11.8 Å². The quantitative estimate of drug-likeness (QED) is 0.630. The van der Waals surface area contributed by atoms with Crippen LogP contribution in [0.5, 0.6) is 0 Å². The highest BCUT2D eigenvalue weighted by Crippen LogP contribution is 2.30. The number of thioether (sulfide) groups is 1. The Morgan fingerprint density at radius 2 is 2.07 bits per heavy atom. The molecule has 0 atom stereocenters. The molecule has 0 bridgehead atoms. The predicted molar refractivity (Wildman–Crippen MR) is 105 cm³/mol. The molecular weight excluding hydrogens is 384 g/mol. The first-order valence-corrected chi connectivity index (χ1v) is 10.1. The van der Waals surface area contributed by atoms with Gasteiger partial charge in [-0.15, -0.1) is 10.2 Å². The number of benzene rings is 1. The van der Waals surface area contributed by atoms with Gasteiger partial charge in [0, 0.05) is 48.9 Å². The highest BCUT2D eigenvalue weighted by atomic mass is 35.5. The molecule has 0 saturated carbocycles. The third-order valence-corrected chi connectivity index (χ3v) is 5.79. The number of carbonyl (C=O) groups is 1. The molecule has 4 rings (SSSR count). The van der Waals surface area contributed by atoms with E-state index in [4.69, 9.17) is 11.6 Å². The minimum absolute atomic E-state index is 0.0271. The van der Waals surface area contributed by atoms with Crippen molar-refractivity contribution in [3.63, 3.8) is 0 Å². The minimum atomic E-state index is -0.0271. The number of aryl methyl sites for hydroxylation is 1. The van der Waals surface area contributed by atoms with Crippen LogP contribution >= 0.6 is 23.4 Å². The van der Waals surface area contributed by atoms with Gasteiger partial charge in [0.15, 0.2) is 11.0 Å². The van der Waals surface area contributed by atoms with Crippen LogP contribution in [0.15, 0.2) is 29.4 Å². The van der Waals surface area contributed by atoms with Crippen molar-refractivity contribution in [1.82, 2.24) is 29.4 Å². The molecule has 0 fully saturated rings. The van der Waals surface area contributed by atoms with Gasteiger partial charge in [-0.1, -0.05) is 29.4 Å². The Balaban J connectivity index is 1.70. The fourth-order valence-corrected chi connectivity index (χ4v) is 4.12. The number of amides is 1. The number of fused-ring (bicyclic) bond motifs is 1. The maximum absolute atomic E-state index is 12.9. The summed E-state index contributed by atoms with van der Waals surface area (Å²) >= 11 is 7.58. The van der Waals surface area contributed by atoms with E-state index in [-0.39, 0.29) is 5.91 Å². The Morgan fingerprint density at radius 3 is 2.78 bits per heavy atom. The minimum Gasteiger partial charge on any atom is -0.334 e. The summed E-state index contributed by atoms with van der Waals surface area (Å²) in [4.78, 5) is 14.8. The van der Waals surface area contributed by atoms with Crippen molar-refractivity contribution in [2.24, 2.45) is 14.1 Å². The lowest BCUT2D eigenvalue weighted by molar-refractivity contribution is 0.0733. The molecule has 1 amide bonds. The molecule has 0 aliphatic carbocycles. The summed E-state index contributed by atoms with van der Waals surface area (Å²) in [5, 5.41) is 14.6. The van der Waals surface area contributed by atoms with Gasteiger partial charge < -0.3 is 9.47 Å². The number of rotatable bonds is 3. The van der Waals surface area contributed by atoms with Gasteiger partial charge in [0.2, 0.25) is 0 Å². The van der Waals surface area contributed by atoms with Crippen molar-refractivity contribution in [2.45, 2.75) is 18.1 Å². The van der Waals surface area contributed by atoms with Crippen molar-refractivity contribution < 1.29 is 4.79 Å². The van der Waals surface area contributed by atoms with Gasteiger partial charge in [0.1, 0.15) is 5.69 Å². The van der Waals surface area contributed by atoms with Crippen molar-refractivity contribution >= 4 is 29.3 Å². The van der Waals surface area contributed by atoms with E-state index < -0.39 is 0 Å². The van der Waals surface area contributed by atoms with Crippen LogP contribution in [0.3, 0.4) is 0 Å². The SMILES string of the molecule is CSc1nnc(-c2nn(C)c3c2CN(C(=O)c2cccc(Cl)c2)CC3)n1C. The molecule has 0 saturated heterocycles. The zero-order valence-electron chi connectivity index (χ0n) is 15.3. The first-order chi connectivity index (χ1) is 13.0. The van der Waals surface area contributed by atoms with Crippen LogP contribution in [-0.4, -0.2) is 48.2 Å². The fraction of sp³-hybridized carbons (Fsp3) is 0.333. The van der Waals surface area contributed by atoms with Gasteiger partial charge in [-0.05, 0) is 24.5 Å². The maximum atomic E-state index is 12.9. The summed E-state index contributed by atoms with van der Waals surface area (Å²) in [6, 6.07) is 7.06. The van der Waals surface area contributed by atoms with Crippen molar-refractivity contribution in [2.75, 3.05) is 12.8 Å². The van der Waals surface area contributed by atoms with Gasteiger partial charge in [0.25, 0.3) is 5.91 Å². The average Bonchev–Trinajstić information content (AvgIpc) is 3.20. The molecule has 1 aliphatic heterocycles. The number of halogens is 1. The summed E-state index contributed by atoms with van der Waals surface area (Å²) in [6.45, 7) is 1.14. The molecule has 1 aliphatic rings. The standard InChI is InChI=1S/C18H19ClN6OS/c1-23-16(20-21-18(23)27-3)15-13-10-25(8-7-14(13)24(2)22-15)17(26)11-5-4-6-12(19)9-11/h4-6,9H,7-8,10H2,1-3H3. The Morgan fingerprint density at radius 1 is 1.26 bits per heavy atom. The summed E-state index contributed by atoms with van der Waals surface area (Å²) in [6.07, 6.45) is 2.71. The molecule has 3 aromatic rings. The van der Waals surface area contributed by atoms with E-state index in [2.05, 4.69) is 15.3 Å². The molecule has 2 aromatic heterocycles. The normalized spacial score (nSPS) is 13.7. The third kappa shape index (κ3) is 3.12. The zero-order valence-corrected chi connectivity index (χ0v) is 16.9. The molecular formula is C18H19ClN6OS. The number of aromatic nitrogens is 5. The molecule has 0 spiro atoms. The third-order valence-electron chi connectivity index (χ3n) is 4.83. The van der Waals surface area contributed by atoms with E-state index in [1.54, 1.807) is 24.3 Å². The van der Waals surface area contributed by atoms with Crippen LogP contribution in [0.1, 0.15) is 21.6 Å². The smallest absolute Gasteiger partial charge is 0.254 e. The second-order valence-corrected chi connectivity index (χ2v) is 7.66. The number of hydrogen-bond acceptors (Lipinski definition) is 5. The topological polar surface area (TPSA) is 68.8 Å². The number of hydrogen-bond donors (Lipinski definition) is 0. The van der Waals surface area contributed by atoms with E-state index in [0.717, 1.165) is 28.5 Å². The van der Waals surface area contributed by atoms with E-state index in [0.29, 0.717) is 29.5 Å². The molecule has 27 heavy (non-hydrogen) atoms. The molecule has 7 nitrogen and oxygen atoms in total. The van der Waals surface area contributed by atoms with Crippen molar-refractivity contribution in [3.8, 4) is 11.5 Å². The lowest BCUT2D eigenvalue weighted by Crippen LogP contribution is -2.36. The predicted octanol–water partition coefficient (Wildman–Crippen LogP) is 2.79. The molecule has 3 heterocycles. The largest absolute Gasteiger partial charge is 0.334 e. The Kier molecular flexibility index (Phi) is 4.69. The van der Waals surface area contributed by atoms with Gasteiger partial charge in [-0.2, -0.15) is 5.10 Å². The fourth-order valence-electron chi connectivity index (χ4n) is 3.45. The van der Waals surface area contributed by atoms with Crippen LogP contribution in [0.2, 0.25) is 5.02 Å². The summed E-state index contributed by atoms with van der Waals surface area (Å²) in [5.74, 6) is 0.689. The number of carbonyl (C=O) groups excluding carboxylic acids is 1. The first-order valence-electron chi connectivity index (χ1n) is 8.53. The van der Waals surface area contributed by atoms with E-state index in [1.807, 2.05) is 34.5 Å². The lowest BCUT2D eigenvalue weighted by atomic mass is 10.0. The Hall–Kier alpha value is -2.32. The monoisotopic (exact) mass is 402 g/mol. The molecule has 0 unspecified atom stereocenters. The van der Waals surface area contributed by atoms with Crippen LogP contribution in [0, 0.1) is 0 Å². The summed E-state index contributed by atoms with van der Waals surface area (Å²) in [7, 11) is 3.86. The van der Waals surface area contributed by atoms with Crippen molar-refractivity contribution in [3.05, 3.63) is 46.1 Å². The maximum Gasteiger partial charge on any atom is 0.254 e. The molecule has 140 valence electrons. The molecule has 9 heteroatoms. The lowest BCUT2D eigenvalue weighted by Gasteiger charge is -2.27. The second kappa shape index (κ2) is 7.01. The van der Waals surface area contributed by atoms with Gasteiger partial charge in [-0.25, -0.2) is 0 Å². The van der Waals surface area contributed by atoms with Crippen LogP contribution in [0.4, 0.5) is 0 Å². The molecule has 0 N–H and O–H groups in total. The Labute approximate surface area is 166 Å². The first kappa shape index (κ1) is 18.1. The second-order valence-electron chi connectivity index (χ2n) is 6.45. The summed E-state index contributed by atoms with van der Waals surface area (Å²) < 4.78 is 3.82. The highest BCUT2D eigenvalue weighted by Gasteiger charge is 2.29. The van der Waals surface area contributed by atoms with E-state index in [9.17, 15) is 4.79 Å². The van der Waals surface area contributed by atoms with Crippen LogP contribution in [0.25, 0.3) is 11.5 Å². The highest BCUT2D eigenvalue weighted by molar-refractivity contribution is 7.98. The van der Waals surface area contributed by atoms with Gasteiger partial charge in [-0.3, -0.25) is 9.48 Å². The average molecular weight is 403 g/mol. The van der Waals surface area contributed by atoms with E-state index >= 15 is 0 Å². The summed E-state index contributed by atoms with van der Waals surface area (Å²) in [5.41, 5.74) is 3.54. The zero-order chi connectivity index (χ0) is 19.1. The van der Waals surface area contributed by atoms with Crippen LogP contribution in [-0.2, 0) is 27.1 Å². The molecule has 0 radical (unpaired) electrons. The van der Waals surface area contributed by atoms with Gasteiger partial charge >= 0.3 is 0 Å². The van der Waals surface area contributed by atoms with Gasteiger partial charge in [0.05, 0.1) is 6.54 Å².